The van der Waals surface area contributed by atoms with Gasteiger partial charge in [-0.1, -0.05) is 6.92 Å². The van der Waals surface area contributed by atoms with Crippen LogP contribution in [0.25, 0.3) is 0 Å². The van der Waals surface area contributed by atoms with Gasteiger partial charge in [-0.15, -0.1) is 12.3 Å². The second-order valence-electron chi connectivity index (χ2n) is 3.70. The summed E-state index contributed by atoms with van der Waals surface area (Å²) in [6, 6.07) is 0.318. The van der Waals surface area contributed by atoms with Gasteiger partial charge in [0.2, 0.25) is 0 Å². The highest BCUT2D eigenvalue weighted by Crippen LogP contribution is 2.55. The molecule has 0 aliphatic heterocycles. The highest BCUT2D eigenvalue weighted by Gasteiger charge is 2.50. The van der Waals surface area contributed by atoms with Gasteiger partial charge in [-0.3, -0.25) is 0 Å². The summed E-state index contributed by atoms with van der Waals surface area (Å²) in [5, 5.41) is 0. The van der Waals surface area contributed by atoms with Crippen LogP contribution >= 0.6 is 0 Å². The molecule has 3 unspecified atom stereocenters. The molecule has 0 aromatic carbocycles. The molecule has 1 heteroatoms. The second kappa shape index (κ2) is 2.29. The summed E-state index contributed by atoms with van der Waals surface area (Å²) in [6.45, 7) is 4.29. The van der Waals surface area contributed by atoms with Crippen LogP contribution in [0.3, 0.4) is 0 Å². The van der Waals surface area contributed by atoms with Crippen LogP contribution in [0.15, 0.2) is 0 Å². The third-order valence-electron chi connectivity index (χ3n) is 2.56. The van der Waals surface area contributed by atoms with Crippen molar-refractivity contribution in [2.75, 3.05) is 0 Å². The molecule has 1 nitrogen and oxygen atoms in total. The first-order valence-corrected chi connectivity index (χ1v) is 3.79. The molecule has 0 aromatic heterocycles. The first-order valence-electron chi connectivity index (χ1n) is 3.79. The predicted octanol–water partition coefficient (Wildman–Crippen LogP) is 1.38. The van der Waals surface area contributed by atoms with E-state index in [1.165, 1.54) is 6.42 Å². The number of terminal acetylenes is 1. The normalized spacial score (nSPS) is 40.4. The molecule has 1 aliphatic carbocycles. The van der Waals surface area contributed by atoms with E-state index in [2.05, 4.69) is 19.8 Å². The Balaban J connectivity index is 2.42. The van der Waals surface area contributed by atoms with Crippen molar-refractivity contribution in [2.24, 2.45) is 17.1 Å². The van der Waals surface area contributed by atoms with Crippen molar-refractivity contribution in [1.29, 1.82) is 0 Å². The van der Waals surface area contributed by atoms with Gasteiger partial charge in [0.25, 0.3) is 0 Å². The lowest BCUT2D eigenvalue weighted by atomic mass is 10.00. The lowest BCUT2D eigenvalue weighted by Gasteiger charge is -2.08. The molecule has 0 amide bonds. The van der Waals surface area contributed by atoms with Crippen LogP contribution in [0.2, 0.25) is 0 Å². The summed E-state index contributed by atoms with van der Waals surface area (Å²) in [5.41, 5.74) is 6.11. The Labute approximate surface area is 63.0 Å². The average Bonchev–Trinajstić information content (AvgIpc) is 2.43. The van der Waals surface area contributed by atoms with Crippen molar-refractivity contribution in [2.45, 2.75) is 32.7 Å². The van der Waals surface area contributed by atoms with Gasteiger partial charge in [0.15, 0.2) is 0 Å². The molecule has 1 saturated carbocycles. The van der Waals surface area contributed by atoms with Crippen LogP contribution in [-0.4, -0.2) is 6.04 Å². The summed E-state index contributed by atoms with van der Waals surface area (Å²) in [5.74, 6) is 3.37. The summed E-state index contributed by atoms with van der Waals surface area (Å²) in [6.07, 6.45) is 7.33. The fourth-order valence-electron chi connectivity index (χ4n) is 1.70. The molecule has 0 heterocycles. The molecule has 3 atom stereocenters. The quantitative estimate of drug-likeness (QED) is 0.572. The zero-order valence-electron chi connectivity index (χ0n) is 6.72. The molecule has 0 radical (unpaired) electrons. The molecule has 0 bridgehead atoms. The Bertz CT molecular complexity index is 166. The molecule has 2 N–H and O–H groups in total. The lowest BCUT2D eigenvalue weighted by Crippen LogP contribution is -2.20. The minimum absolute atomic E-state index is 0.318. The molecule has 0 aromatic rings. The van der Waals surface area contributed by atoms with E-state index in [1.807, 2.05) is 0 Å². The van der Waals surface area contributed by atoms with Crippen LogP contribution in [0, 0.1) is 23.7 Å². The number of nitrogens with two attached hydrogens (primary N) is 1. The van der Waals surface area contributed by atoms with E-state index in [-0.39, 0.29) is 0 Å². The molecule has 1 fully saturated rings. The highest BCUT2D eigenvalue weighted by molar-refractivity contribution is 5.08. The Hall–Kier alpha value is -0.480. The minimum atomic E-state index is 0.318. The molecule has 56 valence electrons. The Morgan fingerprint density at radius 2 is 2.50 bits per heavy atom. The lowest BCUT2D eigenvalue weighted by molar-refractivity contribution is 0.472. The zero-order chi connectivity index (χ0) is 7.78. The van der Waals surface area contributed by atoms with Crippen molar-refractivity contribution in [3.05, 3.63) is 0 Å². The third kappa shape index (κ3) is 1.17. The largest absolute Gasteiger partial charge is 0.328 e. The van der Waals surface area contributed by atoms with E-state index in [1.54, 1.807) is 0 Å². The summed E-state index contributed by atoms with van der Waals surface area (Å²) >= 11 is 0. The van der Waals surface area contributed by atoms with E-state index >= 15 is 0 Å². The van der Waals surface area contributed by atoms with Gasteiger partial charge in [0, 0.05) is 12.5 Å². The monoisotopic (exact) mass is 137 g/mol. The molecular weight excluding hydrogens is 122 g/mol. The van der Waals surface area contributed by atoms with E-state index in [9.17, 15) is 0 Å². The Morgan fingerprint density at radius 1 is 1.90 bits per heavy atom. The van der Waals surface area contributed by atoms with Crippen molar-refractivity contribution in [1.82, 2.24) is 0 Å². The van der Waals surface area contributed by atoms with Crippen LogP contribution in [0.1, 0.15) is 26.7 Å². The van der Waals surface area contributed by atoms with E-state index in [0.29, 0.717) is 17.4 Å². The molecule has 0 saturated heterocycles. The minimum Gasteiger partial charge on any atom is -0.328 e. The van der Waals surface area contributed by atoms with E-state index in [0.717, 1.165) is 6.42 Å². The summed E-state index contributed by atoms with van der Waals surface area (Å²) in [7, 11) is 0. The number of hydrogen-bond donors (Lipinski definition) is 1. The zero-order valence-corrected chi connectivity index (χ0v) is 6.72. The highest BCUT2D eigenvalue weighted by atomic mass is 14.7. The Morgan fingerprint density at radius 3 is 2.80 bits per heavy atom. The third-order valence-corrected chi connectivity index (χ3v) is 2.56. The molecular formula is C9H15N. The van der Waals surface area contributed by atoms with Gasteiger partial charge in [-0.05, 0) is 24.7 Å². The Kier molecular flexibility index (Phi) is 1.74. The van der Waals surface area contributed by atoms with Crippen molar-refractivity contribution in [3.63, 3.8) is 0 Å². The standard InChI is InChI=1S/C9H15N/c1-4-5-9(3)6-8(9)7(2)10/h1,7-8H,5-6,10H2,2-3H3. The maximum Gasteiger partial charge on any atom is 0.0143 e. The fraction of sp³-hybridized carbons (Fsp3) is 0.778. The van der Waals surface area contributed by atoms with Crippen molar-refractivity contribution in [3.8, 4) is 12.3 Å². The summed E-state index contributed by atoms with van der Waals surface area (Å²) in [4.78, 5) is 0. The molecule has 1 aliphatic rings. The van der Waals surface area contributed by atoms with Crippen LogP contribution in [0.5, 0.6) is 0 Å². The van der Waals surface area contributed by atoms with Gasteiger partial charge in [-0.25, -0.2) is 0 Å². The van der Waals surface area contributed by atoms with E-state index in [4.69, 9.17) is 12.2 Å². The van der Waals surface area contributed by atoms with Gasteiger partial charge >= 0.3 is 0 Å². The maximum absolute atomic E-state index is 5.73. The number of hydrogen-bond acceptors (Lipinski definition) is 1. The van der Waals surface area contributed by atoms with E-state index < -0.39 is 0 Å². The van der Waals surface area contributed by atoms with Gasteiger partial charge in [0.05, 0.1) is 0 Å². The van der Waals surface area contributed by atoms with Crippen LogP contribution in [0.4, 0.5) is 0 Å². The van der Waals surface area contributed by atoms with Crippen LogP contribution < -0.4 is 5.73 Å². The molecule has 10 heavy (non-hydrogen) atoms. The molecule has 1 rings (SSSR count). The van der Waals surface area contributed by atoms with Crippen LogP contribution in [-0.2, 0) is 0 Å². The predicted molar refractivity (Wildman–Crippen MR) is 43.3 cm³/mol. The maximum atomic E-state index is 5.73. The topological polar surface area (TPSA) is 26.0 Å². The average molecular weight is 137 g/mol. The number of rotatable bonds is 2. The first kappa shape index (κ1) is 7.63. The second-order valence-corrected chi connectivity index (χ2v) is 3.70. The smallest absolute Gasteiger partial charge is 0.0143 e. The fourth-order valence-corrected chi connectivity index (χ4v) is 1.70. The molecule has 0 spiro atoms. The summed E-state index contributed by atoms with van der Waals surface area (Å²) < 4.78 is 0. The SMILES string of the molecule is C#CCC1(C)CC1C(C)N. The van der Waals surface area contributed by atoms with Crippen molar-refractivity contribution >= 4 is 0 Å². The van der Waals surface area contributed by atoms with Crippen molar-refractivity contribution < 1.29 is 0 Å². The first-order chi connectivity index (χ1) is 4.60. The van der Waals surface area contributed by atoms with Gasteiger partial charge in [0.1, 0.15) is 0 Å². The van der Waals surface area contributed by atoms with Gasteiger partial charge < -0.3 is 5.73 Å². The van der Waals surface area contributed by atoms with Gasteiger partial charge in [-0.2, -0.15) is 0 Å².